The van der Waals surface area contributed by atoms with Gasteiger partial charge in [-0.15, -0.1) is 0 Å². The molecule has 0 spiro atoms. The Bertz CT molecular complexity index is 1110. The molecule has 0 saturated carbocycles. The molecule has 11 heteroatoms. The van der Waals surface area contributed by atoms with E-state index in [-0.39, 0.29) is 35.0 Å². The fourth-order valence-electron chi connectivity index (χ4n) is 3.06. The van der Waals surface area contributed by atoms with Crippen LogP contribution in [0.2, 0.25) is 5.15 Å². The van der Waals surface area contributed by atoms with Crippen molar-refractivity contribution in [2.24, 2.45) is 0 Å². The average molecular weight is 462 g/mol. The Morgan fingerprint density at radius 2 is 1.88 bits per heavy atom. The highest BCUT2D eigenvalue weighted by Crippen LogP contribution is 2.20. The van der Waals surface area contributed by atoms with Gasteiger partial charge in [0, 0.05) is 13.0 Å². The number of esters is 1. The van der Waals surface area contributed by atoms with Crippen LogP contribution in [0.3, 0.4) is 0 Å². The topological polar surface area (TPSA) is 151 Å². The van der Waals surface area contributed by atoms with Gasteiger partial charge in [0.1, 0.15) is 5.82 Å². The summed E-state index contributed by atoms with van der Waals surface area (Å²) in [6, 6.07) is 5.80. The second-order valence-electron chi connectivity index (χ2n) is 6.49. The number of benzene rings is 1. The van der Waals surface area contributed by atoms with Crippen LogP contribution in [0.25, 0.3) is 11.0 Å². The zero-order chi connectivity index (χ0) is 23.8. The van der Waals surface area contributed by atoms with Gasteiger partial charge in [-0.2, -0.15) is 0 Å². The summed E-state index contributed by atoms with van der Waals surface area (Å²) in [4.78, 5) is 36.2. The zero-order valence-electron chi connectivity index (χ0n) is 18.6. The van der Waals surface area contributed by atoms with Crippen LogP contribution in [0.1, 0.15) is 49.1 Å². The highest BCUT2D eigenvalue weighted by molar-refractivity contribution is 6.31. The van der Waals surface area contributed by atoms with E-state index in [1.54, 1.807) is 0 Å². The number of nitrogens with one attached hydrogen (secondary N) is 1. The summed E-state index contributed by atoms with van der Waals surface area (Å²) in [5, 5.41) is 2.65. The third kappa shape index (κ3) is 5.64. The molecule has 3 rings (SSSR count). The van der Waals surface area contributed by atoms with Gasteiger partial charge in [0.05, 0.1) is 24.7 Å². The van der Waals surface area contributed by atoms with E-state index in [4.69, 9.17) is 27.8 Å². The fourth-order valence-corrected chi connectivity index (χ4v) is 3.19. The number of imidazole rings is 1. The number of methoxy groups -OCH3 is 1. The van der Waals surface area contributed by atoms with Gasteiger partial charge in [-0.25, -0.2) is 15.0 Å². The first-order valence-corrected chi connectivity index (χ1v) is 10.6. The number of rotatable bonds is 7. The van der Waals surface area contributed by atoms with Crippen molar-refractivity contribution in [3.05, 3.63) is 40.4 Å². The molecule has 0 aliphatic rings. The van der Waals surface area contributed by atoms with Crippen LogP contribution in [-0.4, -0.2) is 38.5 Å². The number of halogens is 1. The number of ether oxygens (including phenoxy) is 1. The maximum atomic E-state index is 12.5. The SMILES string of the molecule is CC.CCn1c(CNC(=O)c2nc(Cl)c(N)nc2N)nc2ccc(CCC(=O)OC)cc21. The molecule has 3 aromatic rings. The van der Waals surface area contributed by atoms with E-state index in [0.29, 0.717) is 25.2 Å². The quantitative estimate of drug-likeness (QED) is 0.454. The van der Waals surface area contributed by atoms with Crippen molar-refractivity contribution in [1.82, 2.24) is 24.8 Å². The third-order valence-electron chi connectivity index (χ3n) is 4.58. The highest BCUT2D eigenvalue weighted by atomic mass is 35.5. The van der Waals surface area contributed by atoms with Crippen LogP contribution in [0, 0.1) is 0 Å². The number of hydrogen-bond acceptors (Lipinski definition) is 8. The van der Waals surface area contributed by atoms with Gasteiger partial charge in [0.2, 0.25) is 0 Å². The maximum absolute atomic E-state index is 12.5. The average Bonchev–Trinajstić information content (AvgIpc) is 3.16. The number of nitrogen functional groups attached to an aromatic ring is 2. The molecule has 5 N–H and O–H groups in total. The molecule has 32 heavy (non-hydrogen) atoms. The molecular weight excluding hydrogens is 434 g/mol. The third-order valence-corrected chi connectivity index (χ3v) is 4.86. The Morgan fingerprint density at radius 1 is 1.16 bits per heavy atom. The summed E-state index contributed by atoms with van der Waals surface area (Å²) in [7, 11) is 1.37. The van der Waals surface area contributed by atoms with E-state index in [0.717, 1.165) is 16.6 Å². The van der Waals surface area contributed by atoms with Crippen LogP contribution in [0.5, 0.6) is 0 Å². The second kappa shape index (κ2) is 11.3. The van der Waals surface area contributed by atoms with E-state index < -0.39 is 5.91 Å². The summed E-state index contributed by atoms with van der Waals surface area (Å²) in [5.41, 5.74) is 13.9. The predicted octanol–water partition coefficient (Wildman–Crippen LogP) is 2.73. The van der Waals surface area contributed by atoms with E-state index in [1.807, 2.05) is 43.5 Å². The molecule has 0 fully saturated rings. The minimum absolute atomic E-state index is 0.0403. The minimum atomic E-state index is -0.532. The molecule has 0 aliphatic carbocycles. The Morgan fingerprint density at radius 3 is 2.53 bits per heavy atom. The number of anilines is 2. The number of aryl methyl sites for hydroxylation is 2. The van der Waals surface area contributed by atoms with E-state index in [1.165, 1.54) is 7.11 Å². The molecule has 0 unspecified atom stereocenters. The van der Waals surface area contributed by atoms with Crippen molar-refractivity contribution in [3.8, 4) is 0 Å². The molecule has 0 saturated heterocycles. The van der Waals surface area contributed by atoms with Gasteiger partial charge in [-0.05, 0) is 31.0 Å². The van der Waals surface area contributed by atoms with Crippen molar-refractivity contribution in [3.63, 3.8) is 0 Å². The molecule has 2 aromatic heterocycles. The van der Waals surface area contributed by atoms with Gasteiger partial charge in [-0.1, -0.05) is 31.5 Å². The van der Waals surface area contributed by atoms with Gasteiger partial charge in [0.15, 0.2) is 22.5 Å². The van der Waals surface area contributed by atoms with Gasteiger partial charge >= 0.3 is 5.97 Å². The van der Waals surface area contributed by atoms with E-state index in [9.17, 15) is 9.59 Å². The summed E-state index contributed by atoms with van der Waals surface area (Å²) in [6.07, 6.45) is 0.872. The van der Waals surface area contributed by atoms with Crippen molar-refractivity contribution in [2.45, 2.75) is 46.7 Å². The number of nitrogens with two attached hydrogens (primary N) is 2. The maximum Gasteiger partial charge on any atom is 0.305 e. The standard InChI is InChI=1S/C19H22ClN7O3.C2H6/c1-3-27-12-8-10(5-7-14(28)30-2)4-6-11(12)24-13(27)9-23-19(29)15-17(21)26-18(22)16(20)25-15;1-2/h4,6,8H,3,5,7,9H2,1-2H3,(H,23,29)(H4,21,22,26);1-2H3. The molecular formula is C21H28ClN7O3. The highest BCUT2D eigenvalue weighted by Gasteiger charge is 2.17. The molecule has 10 nitrogen and oxygen atoms in total. The lowest BCUT2D eigenvalue weighted by Gasteiger charge is -2.09. The smallest absolute Gasteiger partial charge is 0.305 e. The van der Waals surface area contributed by atoms with Crippen molar-refractivity contribution in [1.29, 1.82) is 0 Å². The Labute approximate surface area is 191 Å². The zero-order valence-corrected chi connectivity index (χ0v) is 19.4. The number of carbonyl (C=O) groups is 2. The van der Waals surface area contributed by atoms with Crippen molar-refractivity contribution < 1.29 is 14.3 Å². The first-order chi connectivity index (χ1) is 15.3. The monoisotopic (exact) mass is 461 g/mol. The predicted molar refractivity (Wildman–Crippen MR) is 124 cm³/mol. The molecule has 0 aliphatic heterocycles. The first-order valence-electron chi connectivity index (χ1n) is 10.3. The van der Waals surface area contributed by atoms with Gasteiger partial charge in [-0.3, -0.25) is 9.59 Å². The van der Waals surface area contributed by atoms with Crippen LogP contribution < -0.4 is 16.8 Å². The first kappa shape index (κ1) is 24.9. The minimum Gasteiger partial charge on any atom is -0.469 e. The molecule has 172 valence electrons. The van der Waals surface area contributed by atoms with Crippen molar-refractivity contribution in [2.75, 3.05) is 18.6 Å². The van der Waals surface area contributed by atoms with E-state index in [2.05, 4.69) is 20.3 Å². The number of aromatic nitrogens is 4. The summed E-state index contributed by atoms with van der Waals surface area (Å²) >= 11 is 5.84. The normalized spacial score (nSPS) is 10.4. The summed E-state index contributed by atoms with van der Waals surface area (Å²) in [6.45, 7) is 6.79. The molecule has 2 heterocycles. The van der Waals surface area contributed by atoms with Gasteiger partial charge in [0.25, 0.3) is 5.91 Å². The number of amides is 1. The summed E-state index contributed by atoms with van der Waals surface area (Å²) in [5.74, 6) is -0.266. The molecule has 0 radical (unpaired) electrons. The molecule has 1 amide bonds. The molecule has 0 bridgehead atoms. The Balaban J connectivity index is 0.00000176. The Hall–Kier alpha value is -3.40. The van der Waals surface area contributed by atoms with Crippen molar-refractivity contribution >= 4 is 46.1 Å². The van der Waals surface area contributed by atoms with Crippen LogP contribution in [0.15, 0.2) is 18.2 Å². The van der Waals surface area contributed by atoms with Crippen LogP contribution in [0.4, 0.5) is 11.6 Å². The second-order valence-corrected chi connectivity index (χ2v) is 6.85. The van der Waals surface area contributed by atoms with Gasteiger partial charge < -0.3 is 26.1 Å². The Kier molecular flexibility index (Phi) is 8.77. The lowest BCUT2D eigenvalue weighted by molar-refractivity contribution is -0.140. The van der Waals surface area contributed by atoms with Crippen LogP contribution in [-0.2, 0) is 29.0 Å². The molecule has 1 aromatic carbocycles. The fraction of sp³-hybridized carbons (Fsp3) is 0.381. The van der Waals surface area contributed by atoms with Crippen LogP contribution >= 0.6 is 11.6 Å². The number of fused-ring (bicyclic) bond motifs is 1. The molecule has 0 atom stereocenters. The lowest BCUT2D eigenvalue weighted by Crippen LogP contribution is -2.27. The number of nitrogens with zero attached hydrogens (tertiary/aromatic N) is 4. The summed E-state index contributed by atoms with van der Waals surface area (Å²) < 4.78 is 6.68. The largest absolute Gasteiger partial charge is 0.469 e. The number of hydrogen-bond donors (Lipinski definition) is 3. The lowest BCUT2D eigenvalue weighted by atomic mass is 10.1. The van der Waals surface area contributed by atoms with E-state index >= 15 is 0 Å². The number of carbonyl (C=O) groups excluding carboxylic acids is 2.